The first-order valence-electron chi connectivity index (χ1n) is 27.5. The minimum absolute atomic E-state index is 0.00992. The summed E-state index contributed by atoms with van der Waals surface area (Å²) in [5, 5.41) is 60.9. The molecule has 0 spiro atoms. The maximum absolute atomic E-state index is 14.4. The molecule has 18 N–H and O–H groups in total. The second-order valence-corrected chi connectivity index (χ2v) is 22.0. The first-order chi connectivity index (χ1) is 37.0. The molecule has 8 amide bonds. The number of aliphatic hydroxyl groups is 1. The zero-order valence-corrected chi connectivity index (χ0v) is 47.6. The van der Waals surface area contributed by atoms with Gasteiger partial charge in [0.05, 0.1) is 12.1 Å². The van der Waals surface area contributed by atoms with Crippen LogP contribution < -0.4 is 59.7 Å². The lowest BCUT2D eigenvalue weighted by atomic mass is 9.98. The summed E-state index contributed by atoms with van der Waals surface area (Å²) in [5.41, 5.74) is 18.0. The molecule has 1 aromatic carbocycles. The number of hydrogen-bond acceptors (Lipinski definition) is 15. The van der Waals surface area contributed by atoms with E-state index in [2.05, 4.69) is 42.5 Å². The highest BCUT2D eigenvalue weighted by molar-refractivity contribution is 5.98. The number of aromatic hydroxyl groups is 1. The smallest absolute Gasteiger partial charge is 0.326 e. The number of phenols is 1. The predicted octanol–water partition coefficient (Wildman–Crippen LogP) is -0.0870. The van der Waals surface area contributed by atoms with Gasteiger partial charge < -0.3 is 80.2 Å². The summed E-state index contributed by atoms with van der Waals surface area (Å²) in [6.45, 7) is 16.3. The number of amides is 8. The highest BCUT2D eigenvalue weighted by atomic mass is 16.4. The number of carbonyl (C=O) groups excluding carboxylic acids is 8. The third kappa shape index (κ3) is 28.3. The lowest BCUT2D eigenvalue weighted by molar-refractivity contribution is -0.143. The van der Waals surface area contributed by atoms with Gasteiger partial charge in [0, 0.05) is 12.8 Å². The van der Waals surface area contributed by atoms with Crippen molar-refractivity contribution in [1.29, 1.82) is 0 Å². The van der Waals surface area contributed by atoms with E-state index in [9.17, 15) is 68.4 Å². The summed E-state index contributed by atoms with van der Waals surface area (Å²) in [6.07, 6.45) is -0.881. The number of rotatable bonds is 39. The van der Waals surface area contributed by atoms with E-state index in [1.54, 1.807) is 13.8 Å². The summed E-state index contributed by atoms with van der Waals surface area (Å²) < 4.78 is 0. The van der Waals surface area contributed by atoms with Gasteiger partial charge in [-0.3, -0.25) is 43.2 Å². The van der Waals surface area contributed by atoms with Crippen LogP contribution in [0, 0.1) is 23.7 Å². The van der Waals surface area contributed by atoms with Crippen molar-refractivity contribution in [2.75, 3.05) is 13.1 Å². The van der Waals surface area contributed by atoms with Crippen LogP contribution in [0.1, 0.15) is 145 Å². The molecule has 0 aromatic heterocycles. The van der Waals surface area contributed by atoms with Gasteiger partial charge in [0.2, 0.25) is 47.3 Å². The Morgan fingerprint density at radius 2 is 0.797 bits per heavy atom. The summed E-state index contributed by atoms with van der Waals surface area (Å²) in [7, 11) is 0. The zero-order valence-electron chi connectivity index (χ0n) is 47.6. The van der Waals surface area contributed by atoms with E-state index in [0.29, 0.717) is 37.7 Å². The first kappa shape index (κ1) is 70.6. The van der Waals surface area contributed by atoms with Crippen molar-refractivity contribution in [2.24, 2.45) is 40.9 Å². The minimum atomic E-state index is -1.86. The van der Waals surface area contributed by atoms with Gasteiger partial charge in [-0.25, -0.2) is 4.79 Å². The lowest BCUT2D eigenvalue weighted by Gasteiger charge is -2.29. The summed E-state index contributed by atoms with van der Waals surface area (Å²) in [4.78, 5) is 135. The molecule has 25 heteroatoms. The Balaban J connectivity index is 3.65. The predicted molar refractivity (Wildman–Crippen MR) is 295 cm³/mol. The number of nitrogens with one attached hydrogen (secondary N) is 8. The van der Waals surface area contributed by atoms with E-state index >= 15 is 0 Å². The first-order valence-corrected chi connectivity index (χ1v) is 27.5. The largest absolute Gasteiger partial charge is 0.508 e. The number of unbranched alkanes of at least 4 members (excludes halogenated alkanes) is 2. The molecule has 0 heterocycles. The summed E-state index contributed by atoms with van der Waals surface area (Å²) in [5.74, 6) is -9.88. The fourth-order valence-corrected chi connectivity index (χ4v) is 8.41. The van der Waals surface area contributed by atoms with Crippen molar-refractivity contribution in [1.82, 2.24) is 42.5 Å². The number of carboxylic acid groups (broad SMARTS) is 2. The molecular formula is C54H93N11O14. The van der Waals surface area contributed by atoms with E-state index in [1.807, 2.05) is 41.5 Å². The van der Waals surface area contributed by atoms with Crippen LogP contribution >= 0.6 is 0 Å². The van der Waals surface area contributed by atoms with Crippen LogP contribution in [0.4, 0.5) is 0 Å². The molecule has 0 aliphatic heterocycles. The maximum Gasteiger partial charge on any atom is 0.326 e. The van der Waals surface area contributed by atoms with Gasteiger partial charge in [0.25, 0.3) is 0 Å². The Morgan fingerprint density at radius 3 is 1.20 bits per heavy atom. The number of hydrogen-bond donors (Lipinski definition) is 15. The number of aliphatic hydroxyl groups excluding tert-OH is 1. The maximum atomic E-state index is 14.4. The number of benzene rings is 1. The van der Waals surface area contributed by atoms with Gasteiger partial charge in [-0.2, -0.15) is 0 Å². The standard InChI is InChI=1S/C54H93N11O14/c1-29(2)24-36(57)46(70)61-40(25-30(3)4)51(75)62-41(26-31(5)6)50(74)59-37(14-10-12-22-55)47(71)63-42(28-34-16-18-35(67)19-17-34)52(76)65-45(33(9)66)53(77)60-39(20-21-44(68)69)49(73)58-38(15-11-13-23-56)48(72)64-43(54(78)79)27-32(7)8/h16-19,29-33,36-43,45,66-67H,10-15,20-28,55-57H2,1-9H3,(H,58,73)(H,59,74)(H,60,77)(H,61,70)(H,62,75)(H,63,71)(H,64,72)(H,65,76)(H,68,69)(H,78,79)/t33-,36+,37+,38+,39+,40+,41+,42+,43+,45+/m1/s1. The Kier molecular flexibility index (Phi) is 32.8. The molecule has 0 bridgehead atoms. The third-order valence-electron chi connectivity index (χ3n) is 12.6. The number of phenolic OH excluding ortho intramolecular Hbond substituents is 1. The van der Waals surface area contributed by atoms with Crippen molar-refractivity contribution in [3.8, 4) is 5.75 Å². The third-order valence-corrected chi connectivity index (χ3v) is 12.6. The summed E-state index contributed by atoms with van der Waals surface area (Å²) >= 11 is 0. The average molecular weight is 1120 g/mol. The second-order valence-electron chi connectivity index (χ2n) is 22.0. The van der Waals surface area contributed by atoms with Gasteiger partial charge in [-0.1, -0.05) is 67.5 Å². The SMILES string of the molecule is CC(C)C[C@H](NC(=O)[C@H](CCCCN)NC(=O)[C@H](CCC(=O)O)NC(=O)[C@@H](NC(=O)[C@H](Cc1ccc(O)cc1)NC(=O)[C@H](CCCCN)NC(=O)[C@H](CC(C)C)NC(=O)[C@H](CC(C)C)NC(=O)[C@@H](N)CC(C)C)[C@@H](C)O)C(=O)O. The highest BCUT2D eigenvalue weighted by Gasteiger charge is 2.37. The Morgan fingerprint density at radius 1 is 0.443 bits per heavy atom. The fraction of sp³-hybridized carbons (Fsp3) is 0.704. The van der Waals surface area contributed by atoms with Gasteiger partial charge in [-0.15, -0.1) is 0 Å². The molecule has 25 nitrogen and oxygen atoms in total. The molecule has 0 radical (unpaired) electrons. The molecule has 0 aliphatic rings. The van der Waals surface area contributed by atoms with Crippen LogP contribution in [-0.4, -0.2) is 153 Å². The van der Waals surface area contributed by atoms with Crippen LogP contribution in [0.3, 0.4) is 0 Å². The Hall–Kier alpha value is -6.44. The van der Waals surface area contributed by atoms with Crippen molar-refractivity contribution in [3.63, 3.8) is 0 Å². The van der Waals surface area contributed by atoms with Crippen molar-refractivity contribution >= 4 is 59.2 Å². The number of carboxylic acids is 2. The van der Waals surface area contributed by atoms with Gasteiger partial charge in [0.15, 0.2) is 0 Å². The van der Waals surface area contributed by atoms with E-state index in [1.165, 1.54) is 24.3 Å². The van der Waals surface area contributed by atoms with E-state index in [4.69, 9.17) is 17.2 Å². The van der Waals surface area contributed by atoms with Crippen molar-refractivity contribution < 1.29 is 68.4 Å². The second kappa shape index (κ2) is 36.7. The van der Waals surface area contributed by atoms with Crippen molar-refractivity contribution in [2.45, 2.75) is 206 Å². The average Bonchev–Trinajstić information content (AvgIpc) is 3.34. The van der Waals surface area contributed by atoms with Crippen LogP contribution in [-0.2, 0) is 54.4 Å². The molecule has 0 fully saturated rings. The van der Waals surface area contributed by atoms with E-state index in [0.717, 1.165) is 6.92 Å². The minimum Gasteiger partial charge on any atom is -0.508 e. The molecule has 79 heavy (non-hydrogen) atoms. The number of aliphatic carboxylic acids is 2. The molecule has 1 rings (SSSR count). The molecule has 0 saturated heterocycles. The quantitative estimate of drug-likeness (QED) is 0.0383. The Bertz CT molecular complexity index is 2120. The van der Waals surface area contributed by atoms with Crippen LogP contribution in [0.25, 0.3) is 0 Å². The van der Waals surface area contributed by atoms with E-state index in [-0.39, 0.29) is 81.0 Å². The lowest BCUT2D eigenvalue weighted by Crippen LogP contribution is -2.62. The molecule has 0 aliphatic carbocycles. The molecule has 448 valence electrons. The van der Waals surface area contributed by atoms with E-state index < -0.39 is 133 Å². The summed E-state index contributed by atoms with van der Waals surface area (Å²) in [6, 6.07) is -6.62. The highest BCUT2D eigenvalue weighted by Crippen LogP contribution is 2.16. The number of nitrogens with two attached hydrogens (primary N) is 3. The monoisotopic (exact) mass is 1120 g/mol. The van der Waals surface area contributed by atoms with Gasteiger partial charge in [-0.05, 0) is 132 Å². The van der Waals surface area contributed by atoms with Gasteiger partial charge >= 0.3 is 11.9 Å². The normalized spacial score (nSPS) is 15.3. The molecular weight excluding hydrogens is 1030 g/mol. The fourth-order valence-electron chi connectivity index (χ4n) is 8.41. The van der Waals surface area contributed by atoms with Crippen LogP contribution in [0.5, 0.6) is 5.75 Å². The van der Waals surface area contributed by atoms with Crippen LogP contribution in [0.15, 0.2) is 24.3 Å². The Labute approximate surface area is 464 Å². The van der Waals surface area contributed by atoms with Crippen molar-refractivity contribution in [3.05, 3.63) is 29.8 Å². The molecule has 0 saturated carbocycles. The number of carbonyl (C=O) groups is 10. The van der Waals surface area contributed by atoms with Crippen LogP contribution in [0.2, 0.25) is 0 Å². The zero-order chi connectivity index (χ0) is 60.1. The molecule has 10 atom stereocenters. The molecule has 1 aromatic rings. The topological polar surface area (TPSA) is 426 Å². The molecule has 0 unspecified atom stereocenters. The van der Waals surface area contributed by atoms with Gasteiger partial charge in [0.1, 0.15) is 54.1 Å².